The van der Waals surface area contributed by atoms with Crippen LogP contribution in [-0.4, -0.2) is 49.9 Å². The predicted octanol–water partition coefficient (Wildman–Crippen LogP) is 2.50. The number of anilines is 1. The number of amides is 2. The SMILES string of the molecule is O=C(Nc1ncn(C2CCCCC2)n1)N1C[C@@H]2CCC[C@@]2(C(=O)O)C1. The first kappa shape index (κ1) is 16.4. The lowest BCUT2D eigenvalue weighted by molar-refractivity contribution is -0.149. The molecule has 4 rings (SSSR count). The molecule has 2 amide bonds. The van der Waals surface area contributed by atoms with Crippen molar-refractivity contribution in [2.75, 3.05) is 18.4 Å². The number of nitrogens with zero attached hydrogens (tertiary/aromatic N) is 4. The average Bonchev–Trinajstić information content (AvgIpc) is 3.29. The van der Waals surface area contributed by atoms with Gasteiger partial charge in [-0.05, 0) is 31.6 Å². The zero-order chi connectivity index (χ0) is 17.4. The molecule has 136 valence electrons. The largest absolute Gasteiger partial charge is 0.481 e. The van der Waals surface area contributed by atoms with Crippen molar-refractivity contribution in [3.05, 3.63) is 6.33 Å². The third-order valence-corrected chi connectivity index (χ3v) is 6.26. The number of hydrogen-bond acceptors (Lipinski definition) is 4. The highest BCUT2D eigenvalue weighted by Gasteiger charge is 2.55. The summed E-state index contributed by atoms with van der Waals surface area (Å²) < 4.78 is 1.85. The van der Waals surface area contributed by atoms with Gasteiger partial charge in [-0.2, -0.15) is 0 Å². The normalized spacial score (nSPS) is 29.6. The number of fused-ring (bicyclic) bond motifs is 1. The van der Waals surface area contributed by atoms with E-state index < -0.39 is 11.4 Å². The van der Waals surface area contributed by atoms with Crippen molar-refractivity contribution in [3.8, 4) is 0 Å². The van der Waals surface area contributed by atoms with Crippen molar-refractivity contribution in [1.82, 2.24) is 19.7 Å². The molecule has 1 aromatic heterocycles. The van der Waals surface area contributed by atoms with Gasteiger partial charge in [0.2, 0.25) is 5.95 Å². The van der Waals surface area contributed by atoms with Crippen molar-refractivity contribution in [1.29, 1.82) is 0 Å². The third kappa shape index (κ3) is 2.87. The number of rotatable bonds is 3. The van der Waals surface area contributed by atoms with E-state index in [2.05, 4.69) is 15.4 Å². The number of carbonyl (C=O) groups is 2. The fourth-order valence-corrected chi connectivity index (χ4v) is 4.82. The van der Waals surface area contributed by atoms with Crippen LogP contribution in [0.1, 0.15) is 57.4 Å². The molecule has 2 atom stereocenters. The molecule has 2 N–H and O–H groups in total. The van der Waals surface area contributed by atoms with Crippen LogP contribution in [0.5, 0.6) is 0 Å². The molecule has 2 aliphatic carbocycles. The Hall–Kier alpha value is -2.12. The van der Waals surface area contributed by atoms with Crippen LogP contribution in [-0.2, 0) is 4.79 Å². The first-order valence-corrected chi connectivity index (χ1v) is 9.29. The molecule has 0 spiro atoms. The molecule has 8 heteroatoms. The maximum atomic E-state index is 12.5. The van der Waals surface area contributed by atoms with Gasteiger partial charge in [0, 0.05) is 13.1 Å². The second kappa shape index (κ2) is 6.31. The maximum Gasteiger partial charge on any atom is 0.324 e. The van der Waals surface area contributed by atoms with Crippen LogP contribution in [0.3, 0.4) is 0 Å². The van der Waals surface area contributed by atoms with Crippen LogP contribution in [0.2, 0.25) is 0 Å². The van der Waals surface area contributed by atoms with E-state index in [1.807, 2.05) is 4.68 Å². The summed E-state index contributed by atoms with van der Waals surface area (Å²) in [5, 5.41) is 16.8. The standard InChI is InChI=1S/C17H25N5O3/c23-14(24)17-8-4-5-12(17)9-21(10-17)16(25)19-15-18-11-22(20-15)13-6-2-1-3-7-13/h11-13H,1-10H2,(H,23,24)(H,19,20,25)/t12-,17+/m0/s1. The van der Waals surface area contributed by atoms with Gasteiger partial charge in [-0.25, -0.2) is 14.5 Å². The van der Waals surface area contributed by atoms with Gasteiger partial charge in [0.25, 0.3) is 0 Å². The molecular formula is C17H25N5O3. The smallest absolute Gasteiger partial charge is 0.324 e. The van der Waals surface area contributed by atoms with Gasteiger partial charge in [0.1, 0.15) is 6.33 Å². The Kier molecular flexibility index (Phi) is 4.13. The van der Waals surface area contributed by atoms with Crippen molar-refractivity contribution in [2.24, 2.45) is 11.3 Å². The van der Waals surface area contributed by atoms with E-state index in [4.69, 9.17) is 0 Å². The molecule has 1 aromatic rings. The van der Waals surface area contributed by atoms with Crippen LogP contribution < -0.4 is 5.32 Å². The number of aliphatic carboxylic acids is 1. The Balaban J connectivity index is 1.40. The van der Waals surface area contributed by atoms with Crippen molar-refractivity contribution in [2.45, 2.75) is 57.4 Å². The summed E-state index contributed by atoms with van der Waals surface area (Å²) in [6, 6.07) is 0.0738. The quantitative estimate of drug-likeness (QED) is 0.875. The number of likely N-dealkylation sites (tertiary alicyclic amines) is 1. The molecule has 25 heavy (non-hydrogen) atoms. The zero-order valence-electron chi connectivity index (χ0n) is 14.4. The Bertz CT molecular complexity index is 669. The van der Waals surface area contributed by atoms with Gasteiger partial charge in [-0.3, -0.25) is 10.1 Å². The first-order chi connectivity index (χ1) is 12.1. The molecule has 3 aliphatic rings. The molecule has 0 aromatic carbocycles. The number of aromatic nitrogens is 3. The van der Waals surface area contributed by atoms with Crippen LogP contribution in [0.15, 0.2) is 6.33 Å². The van der Waals surface area contributed by atoms with E-state index in [0.29, 0.717) is 25.0 Å². The van der Waals surface area contributed by atoms with E-state index in [-0.39, 0.29) is 18.5 Å². The number of urea groups is 1. The zero-order valence-corrected chi connectivity index (χ0v) is 14.4. The van der Waals surface area contributed by atoms with Gasteiger partial charge in [0.05, 0.1) is 11.5 Å². The average molecular weight is 347 g/mol. The monoisotopic (exact) mass is 347 g/mol. The lowest BCUT2D eigenvalue weighted by atomic mass is 9.81. The second-order valence-electron chi connectivity index (χ2n) is 7.70. The summed E-state index contributed by atoms with van der Waals surface area (Å²) in [7, 11) is 0. The molecule has 2 saturated carbocycles. The molecule has 2 heterocycles. The van der Waals surface area contributed by atoms with Crippen molar-refractivity contribution < 1.29 is 14.7 Å². The van der Waals surface area contributed by atoms with E-state index in [9.17, 15) is 14.7 Å². The molecule has 0 radical (unpaired) electrons. The van der Waals surface area contributed by atoms with Crippen LogP contribution in [0.4, 0.5) is 10.7 Å². The summed E-state index contributed by atoms with van der Waals surface area (Å²) >= 11 is 0. The molecular weight excluding hydrogens is 322 g/mol. The molecule has 0 unspecified atom stereocenters. The van der Waals surface area contributed by atoms with Crippen LogP contribution in [0.25, 0.3) is 0 Å². The van der Waals surface area contributed by atoms with Crippen LogP contribution >= 0.6 is 0 Å². The number of carbonyl (C=O) groups excluding carboxylic acids is 1. The summed E-state index contributed by atoms with van der Waals surface area (Å²) in [6.45, 7) is 0.781. The molecule has 1 saturated heterocycles. The molecule has 3 fully saturated rings. The van der Waals surface area contributed by atoms with Gasteiger partial charge in [0.15, 0.2) is 0 Å². The molecule has 8 nitrogen and oxygen atoms in total. The highest BCUT2D eigenvalue weighted by molar-refractivity contribution is 5.89. The maximum absolute atomic E-state index is 12.5. The lowest BCUT2D eigenvalue weighted by Gasteiger charge is -2.23. The topological polar surface area (TPSA) is 100 Å². The van der Waals surface area contributed by atoms with Crippen molar-refractivity contribution >= 4 is 17.9 Å². The van der Waals surface area contributed by atoms with Gasteiger partial charge >= 0.3 is 12.0 Å². The minimum Gasteiger partial charge on any atom is -0.481 e. The molecule has 0 bridgehead atoms. The van der Waals surface area contributed by atoms with E-state index in [1.165, 1.54) is 19.3 Å². The van der Waals surface area contributed by atoms with Gasteiger partial charge in [-0.1, -0.05) is 25.7 Å². The fourth-order valence-electron chi connectivity index (χ4n) is 4.82. The summed E-state index contributed by atoms with van der Waals surface area (Å²) in [5.41, 5.74) is -0.758. The van der Waals surface area contributed by atoms with Crippen LogP contribution in [0, 0.1) is 11.3 Å². The number of carboxylic acids is 1. The summed E-state index contributed by atoms with van der Waals surface area (Å²) in [4.78, 5) is 30.1. The highest BCUT2D eigenvalue weighted by Crippen LogP contribution is 2.48. The Morgan fingerprint density at radius 1 is 1.20 bits per heavy atom. The van der Waals surface area contributed by atoms with Crippen molar-refractivity contribution in [3.63, 3.8) is 0 Å². The number of hydrogen-bond donors (Lipinski definition) is 2. The fraction of sp³-hybridized carbons (Fsp3) is 0.765. The minimum absolute atomic E-state index is 0.0588. The second-order valence-corrected chi connectivity index (χ2v) is 7.70. The Labute approximate surface area is 146 Å². The highest BCUT2D eigenvalue weighted by atomic mass is 16.4. The van der Waals surface area contributed by atoms with Gasteiger partial charge in [-0.15, -0.1) is 5.10 Å². The molecule has 1 aliphatic heterocycles. The Morgan fingerprint density at radius 3 is 2.72 bits per heavy atom. The first-order valence-electron chi connectivity index (χ1n) is 9.29. The summed E-state index contributed by atoms with van der Waals surface area (Å²) in [6.07, 6.45) is 10.0. The van der Waals surface area contributed by atoms with E-state index >= 15 is 0 Å². The number of carboxylic acid groups (broad SMARTS) is 1. The minimum atomic E-state index is -0.773. The number of nitrogens with one attached hydrogen (secondary N) is 1. The van der Waals surface area contributed by atoms with Gasteiger partial charge < -0.3 is 10.0 Å². The predicted molar refractivity (Wildman–Crippen MR) is 90.1 cm³/mol. The lowest BCUT2D eigenvalue weighted by Crippen LogP contribution is -2.38. The van der Waals surface area contributed by atoms with E-state index in [0.717, 1.165) is 25.7 Å². The Morgan fingerprint density at radius 2 is 2.00 bits per heavy atom. The van der Waals surface area contributed by atoms with E-state index in [1.54, 1.807) is 11.2 Å². The summed E-state index contributed by atoms with van der Waals surface area (Å²) in [5.74, 6) is -0.412. The third-order valence-electron chi connectivity index (χ3n) is 6.26.